The Bertz CT molecular complexity index is 1020. The minimum Gasteiger partial charge on any atom is -0.364 e. The van der Waals surface area contributed by atoms with Crippen molar-refractivity contribution in [2.75, 3.05) is 13.1 Å². The lowest BCUT2D eigenvalue weighted by atomic mass is 10.0. The fourth-order valence-corrected chi connectivity index (χ4v) is 3.90. The maximum absolute atomic E-state index is 12.2. The monoisotopic (exact) mass is 368 g/mol. The van der Waals surface area contributed by atoms with Crippen LogP contribution in [0.1, 0.15) is 18.1 Å². The molecule has 140 valence electrons. The molecule has 2 aliphatic heterocycles. The molecule has 1 fully saturated rings. The molecule has 0 amide bonds. The fraction of sp³-hybridized carbons (Fsp3) is 0.444. The third kappa shape index (κ3) is 2.88. The largest absolute Gasteiger partial charge is 0.364 e. The van der Waals surface area contributed by atoms with Crippen molar-refractivity contribution in [1.82, 2.24) is 29.4 Å². The zero-order valence-corrected chi connectivity index (χ0v) is 15.0. The summed E-state index contributed by atoms with van der Waals surface area (Å²) in [6.45, 7) is 3.08. The van der Waals surface area contributed by atoms with Gasteiger partial charge in [0.2, 0.25) is 0 Å². The van der Waals surface area contributed by atoms with Crippen LogP contribution in [0, 0.1) is 0 Å². The SMILES string of the molecule is Cn1nc2n(c1=O)CC1(CCN(Cc3noc(-c4ccccc4)n3)C1)OC2. The van der Waals surface area contributed by atoms with Gasteiger partial charge in [-0.3, -0.25) is 9.47 Å². The zero-order chi connectivity index (χ0) is 18.4. The number of hydrogen-bond acceptors (Lipinski definition) is 7. The molecule has 1 saturated heterocycles. The molecule has 0 radical (unpaired) electrons. The second-order valence-corrected chi connectivity index (χ2v) is 7.22. The molecule has 1 aromatic carbocycles. The maximum atomic E-state index is 12.2. The molecule has 9 nitrogen and oxygen atoms in total. The summed E-state index contributed by atoms with van der Waals surface area (Å²) in [5.41, 5.74) is 0.469. The lowest BCUT2D eigenvalue weighted by Crippen LogP contribution is -2.46. The lowest BCUT2D eigenvalue weighted by Gasteiger charge is -2.33. The summed E-state index contributed by atoms with van der Waals surface area (Å²) in [4.78, 5) is 19.0. The van der Waals surface area contributed by atoms with Crippen molar-refractivity contribution in [3.63, 3.8) is 0 Å². The quantitative estimate of drug-likeness (QED) is 0.675. The average Bonchev–Trinajstić information content (AvgIpc) is 3.37. The highest BCUT2D eigenvalue weighted by atomic mass is 16.5. The molecule has 2 aromatic heterocycles. The number of likely N-dealkylation sites (tertiary alicyclic amines) is 1. The first-order valence-electron chi connectivity index (χ1n) is 8.99. The van der Waals surface area contributed by atoms with Gasteiger partial charge in [0.25, 0.3) is 5.89 Å². The molecule has 3 aromatic rings. The van der Waals surface area contributed by atoms with E-state index in [0.29, 0.717) is 37.2 Å². The third-order valence-corrected chi connectivity index (χ3v) is 5.29. The highest BCUT2D eigenvalue weighted by Crippen LogP contribution is 2.32. The number of aryl methyl sites for hydroxylation is 1. The van der Waals surface area contributed by atoms with E-state index in [4.69, 9.17) is 9.26 Å². The van der Waals surface area contributed by atoms with Crippen LogP contribution < -0.4 is 5.69 Å². The molecule has 1 spiro atoms. The average molecular weight is 368 g/mol. The first-order valence-corrected chi connectivity index (χ1v) is 8.99. The molecule has 0 N–H and O–H groups in total. The van der Waals surface area contributed by atoms with Gasteiger partial charge in [-0.1, -0.05) is 23.4 Å². The van der Waals surface area contributed by atoms with Crippen molar-refractivity contribution in [1.29, 1.82) is 0 Å². The summed E-state index contributed by atoms with van der Waals surface area (Å²) in [7, 11) is 1.67. The third-order valence-electron chi connectivity index (χ3n) is 5.29. The van der Waals surface area contributed by atoms with Crippen LogP contribution in [0.15, 0.2) is 39.6 Å². The molecule has 9 heteroatoms. The molecule has 5 rings (SSSR count). The van der Waals surface area contributed by atoms with Crippen LogP contribution in [0.25, 0.3) is 11.5 Å². The molecule has 1 unspecified atom stereocenters. The standard InChI is InChI=1S/C18H20N6O3/c1-22-17(25)24-12-18(26-10-15(24)20-22)7-8-23(11-18)9-14-19-16(27-21-14)13-5-3-2-4-6-13/h2-6H,7-12H2,1H3. The van der Waals surface area contributed by atoms with Gasteiger partial charge >= 0.3 is 5.69 Å². The first kappa shape index (κ1) is 16.4. The van der Waals surface area contributed by atoms with E-state index in [2.05, 4.69) is 20.1 Å². The van der Waals surface area contributed by atoms with Crippen molar-refractivity contribution >= 4 is 0 Å². The van der Waals surface area contributed by atoms with E-state index in [0.717, 1.165) is 25.1 Å². The van der Waals surface area contributed by atoms with Crippen molar-refractivity contribution in [2.45, 2.75) is 31.7 Å². The van der Waals surface area contributed by atoms with Gasteiger partial charge in [-0.15, -0.1) is 0 Å². The predicted molar refractivity (Wildman–Crippen MR) is 94.6 cm³/mol. The van der Waals surface area contributed by atoms with Crippen molar-refractivity contribution < 1.29 is 9.26 Å². The van der Waals surface area contributed by atoms with E-state index >= 15 is 0 Å². The van der Waals surface area contributed by atoms with Crippen LogP contribution in [-0.2, 0) is 31.5 Å². The summed E-state index contributed by atoms with van der Waals surface area (Å²) in [6.07, 6.45) is 0.858. The van der Waals surface area contributed by atoms with Crippen LogP contribution >= 0.6 is 0 Å². The topological polar surface area (TPSA) is 91.2 Å². The second-order valence-electron chi connectivity index (χ2n) is 7.22. The van der Waals surface area contributed by atoms with Gasteiger partial charge in [0.1, 0.15) is 12.2 Å². The minimum atomic E-state index is -0.355. The van der Waals surface area contributed by atoms with Crippen molar-refractivity contribution in [2.24, 2.45) is 7.05 Å². The van der Waals surface area contributed by atoms with Gasteiger partial charge in [0, 0.05) is 25.7 Å². The number of fused-ring (bicyclic) bond motifs is 1. The molecule has 2 aliphatic rings. The molecular formula is C18H20N6O3. The minimum absolute atomic E-state index is 0.0863. The summed E-state index contributed by atoms with van der Waals surface area (Å²) >= 11 is 0. The van der Waals surface area contributed by atoms with E-state index in [1.807, 2.05) is 30.3 Å². The number of ether oxygens (including phenoxy) is 1. The molecule has 4 heterocycles. The molecule has 0 aliphatic carbocycles. The van der Waals surface area contributed by atoms with Crippen LogP contribution in [0.3, 0.4) is 0 Å². The Morgan fingerprint density at radius 1 is 1.22 bits per heavy atom. The van der Waals surface area contributed by atoms with Crippen molar-refractivity contribution in [3.8, 4) is 11.5 Å². The second kappa shape index (κ2) is 6.14. The molecule has 27 heavy (non-hydrogen) atoms. The fourth-order valence-electron chi connectivity index (χ4n) is 3.90. The highest BCUT2D eigenvalue weighted by Gasteiger charge is 2.43. The summed E-state index contributed by atoms with van der Waals surface area (Å²) in [5, 5.41) is 8.33. The molecule has 1 atom stereocenters. The van der Waals surface area contributed by atoms with Gasteiger partial charge in [-0.25, -0.2) is 9.48 Å². The van der Waals surface area contributed by atoms with Crippen molar-refractivity contribution in [3.05, 3.63) is 52.5 Å². The number of aromatic nitrogens is 5. The smallest absolute Gasteiger partial charge is 0.345 e. The number of benzene rings is 1. The van der Waals surface area contributed by atoms with E-state index in [1.54, 1.807) is 11.6 Å². The van der Waals surface area contributed by atoms with Crippen LogP contribution in [0.2, 0.25) is 0 Å². The van der Waals surface area contributed by atoms with Crippen LogP contribution in [0.5, 0.6) is 0 Å². The van der Waals surface area contributed by atoms with Gasteiger partial charge in [0.15, 0.2) is 11.6 Å². The Hall–Kier alpha value is -2.78. The Kier molecular flexibility index (Phi) is 3.73. The lowest BCUT2D eigenvalue weighted by molar-refractivity contribution is -0.0833. The van der Waals surface area contributed by atoms with E-state index in [1.165, 1.54) is 4.68 Å². The van der Waals surface area contributed by atoms with E-state index in [9.17, 15) is 4.79 Å². The van der Waals surface area contributed by atoms with Crippen LogP contribution in [-0.4, -0.2) is 48.1 Å². The highest BCUT2D eigenvalue weighted by molar-refractivity contribution is 5.51. The normalized spacial score (nSPS) is 22.4. The first-order chi connectivity index (χ1) is 13.1. The number of rotatable bonds is 3. The van der Waals surface area contributed by atoms with Gasteiger partial charge in [-0.05, 0) is 18.6 Å². The summed E-state index contributed by atoms with van der Waals surface area (Å²) in [5.74, 6) is 1.87. The molecule has 0 saturated carbocycles. The van der Waals surface area contributed by atoms with Gasteiger partial charge < -0.3 is 9.26 Å². The van der Waals surface area contributed by atoms with E-state index in [-0.39, 0.29) is 11.3 Å². The Labute approximate surface area is 155 Å². The van der Waals surface area contributed by atoms with Gasteiger partial charge in [0.05, 0.1) is 13.1 Å². The molecular weight excluding hydrogens is 348 g/mol. The summed E-state index contributed by atoms with van der Waals surface area (Å²) < 4.78 is 14.6. The summed E-state index contributed by atoms with van der Waals surface area (Å²) in [6, 6.07) is 9.73. The number of nitrogens with zero attached hydrogens (tertiary/aromatic N) is 6. The van der Waals surface area contributed by atoms with Crippen LogP contribution in [0.4, 0.5) is 0 Å². The maximum Gasteiger partial charge on any atom is 0.345 e. The van der Waals surface area contributed by atoms with Gasteiger partial charge in [-0.2, -0.15) is 10.1 Å². The molecule has 0 bridgehead atoms. The Balaban J connectivity index is 1.29. The Morgan fingerprint density at radius 3 is 2.93 bits per heavy atom. The Morgan fingerprint density at radius 2 is 2.07 bits per heavy atom. The van der Waals surface area contributed by atoms with E-state index < -0.39 is 0 Å². The number of hydrogen-bond donors (Lipinski definition) is 0. The zero-order valence-electron chi connectivity index (χ0n) is 15.0. The predicted octanol–water partition coefficient (Wildman–Crippen LogP) is 0.807.